The highest BCUT2D eigenvalue weighted by molar-refractivity contribution is 5.60. The Morgan fingerprint density at radius 3 is 2.82 bits per heavy atom. The molecule has 1 atom stereocenters. The van der Waals surface area contributed by atoms with Crippen molar-refractivity contribution in [1.29, 1.82) is 5.41 Å². The third kappa shape index (κ3) is 5.94. The maximum atomic E-state index is 7.12. The molecule has 0 bridgehead atoms. The van der Waals surface area contributed by atoms with Crippen molar-refractivity contribution in [3.63, 3.8) is 0 Å². The molecule has 0 aromatic rings. The van der Waals surface area contributed by atoms with Crippen LogP contribution in [0.4, 0.5) is 0 Å². The van der Waals surface area contributed by atoms with E-state index in [-0.39, 0.29) is 6.04 Å². The number of hydrogen-bond donors (Lipinski definition) is 2. The lowest BCUT2D eigenvalue weighted by atomic mass is 10.1. The van der Waals surface area contributed by atoms with E-state index in [0.29, 0.717) is 0 Å². The lowest BCUT2D eigenvalue weighted by Crippen LogP contribution is -2.20. The second-order valence-electron chi connectivity index (χ2n) is 5.07. The summed E-state index contributed by atoms with van der Waals surface area (Å²) < 4.78 is 0. The van der Waals surface area contributed by atoms with Gasteiger partial charge in [0.2, 0.25) is 0 Å². The normalized spacial score (nSPS) is 21.9. The molecular weight excluding hydrogens is 270 g/mol. The molecule has 0 aliphatic carbocycles. The van der Waals surface area contributed by atoms with Crippen LogP contribution >= 0.6 is 0 Å². The van der Waals surface area contributed by atoms with Gasteiger partial charge in [-0.05, 0) is 42.6 Å². The zero-order valence-electron chi connectivity index (χ0n) is 13.0. The third-order valence-corrected chi connectivity index (χ3v) is 3.31. The molecule has 3 heteroatoms. The average molecular weight is 295 g/mol. The maximum Gasteiger partial charge on any atom is 0.0403 e. The van der Waals surface area contributed by atoms with Gasteiger partial charge in [-0.2, -0.15) is 0 Å². The summed E-state index contributed by atoms with van der Waals surface area (Å²) in [5, 5.41) is 7.12. The second-order valence-corrected chi connectivity index (χ2v) is 5.07. The Morgan fingerprint density at radius 2 is 2.14 bits per heavy atom. The molecule has 0 saturated carbocycles. The van der Waals surface area contributed by atoms with Crippen LogP contribution in [-0.4, -0.2) is 17.2 Å². The standard InChI is InChI=1S/C19H25N3/c1-4-19(12-7-11-18(21)15-20)22-13-6-5-9-16(2)17(3)10-8-14-22/h4-6,8-9,12-15,18,20H,1-3,7,10-11,21H2/b9-5-,13-6-,14-8-,19-12+,20-15?. The van der Waals surface area contributed by atoms with Gasteiger partial charge in [0.25, 0.3) is 0 Å². The van der Waals surface area contributed by atoms with Gasteiger partial charge in [-0.25, -0.2) is 0 Å². The van der Waals surface area contributed by atoms with Crippen molar-refractivity contribution >= 4 is 6.21 Å². The van der Waals surface area contributed by atoms with Gasteiger partial charge in [0.1, 0.15) is 0 Å². The van der Waals surface area contributed by atoms with Gasteiger partial charge < -0.3 is 16.0 Å². The van der Waals surface area contributed by atoms with Gasteiger partial charge in [-0.15, -0.1) is 0 Å². The number of nitrogens with zero attached hydrogens (tertiary/aromatic N) is 1. The summed E-state index contributed by atoms with van der Waals surface area (Å²) >= 11 is 0. The molecule has 0 radical (unpaired) electrons. The predicted molar refractivity (Wildman–Crippen MR) is 96.4 cm³/mol. The average Bonchev–Trinajstić information content (AvgIpc) is 2.53. The largest absolute Gasteiger partial charge is 0.325 e. The van der Waals surface area contributed by atoms with Crippen LogP contribution in [0.2, 0.25) is 0 Å². The highest BCUT2D eigenvalue weighted by Crippen LogP contribution is 2.16. The Labute approximate surface area is 133 Å². The van der Waals surface area contributed by atoms with Crippen molar-refractivity contribution < 1.29 is 0 Å². The molecule has 0 aromatic carbocycles. The molecule has 1 rings (SSSR count). The quantitative estimate of drug-likeness (QED) is 0.569. The van der Waals surface area contributed by atoms with E-state index < -0.39 is 0 Å². The second kappa shape index (κ2) is 9.53. The number of nitrogens with two attached hydrogens (primary N) is 1. The van der Waals surface area contributed by atoms with Crippen LogP contribution in [0.15, 0.2) is 85.4 Å². The first kappa shape index (κ1) is 17.7. The minimum atomic E-state index is -0.190. The molecule has 0 saturated heterocycles. The van der Waals surface area contributed by atoms with Crippen molar-refractivity contribution in [2.24, 2.45) is 5.73 Å². The van der Waals surface area contributed by atoms with Crippen molar-refractivity contribution in [2.45, 2.75) is 25.3 Å². The zero-order valence-corrected chi connectivity index (χ0v) is 13.0. The number of hydrogen-bond acceptors (Lipinski definition) is 3. The maximum absolute atomic E-state index is 7.12. The van der Waals surface area contributed by atoms with Crippen molar-refractivity contribution in [3.8, 4) is 0 Å². The first-order valence-electron chi connectivity index (χ1n) is 7.34. The Kier molecular flexibility index (Phi) is 7.65. The molecule has 0 spiro atoms. The highest BCUT2D eigenvalue weighted by Gasteiger charge is 2.02. The smallest absolute Gasteiger partial charge is 0.0403 e. The zero-order chi connectivity index (χ0) is 16.4. The molecular formula is C19H25N3. The summed E-state index contributed by atoms with van der Waals surface area (Å²) in [6.45, 7) is 11.9. The minimum absolute atomic E-state index is 0.190. The van der Waals surface area contributed by atoms with Gasteiger partial charge in [0.05, 0.1) is 0 Å². The van der Waals surface area contributed by atoms with Crippen LogP contribution in [0.25, 0.3) is 0 Å². The topological polar surface area (TPSA) is 53.1 Å². The molecule has 1 unspecified atom stereocenters. The van der Waals surface area contributed by atoms with E-state index in [2.05, 4.69) is 31.9 Å². The lowest BCUT2D eigenvalue weighted by Gasteiger charge is -2.18. The van der Waals surface area contributed by atoms with Gasteiger partial charge in [0, 0.05) is 30.4 Å². The van der Waals surface area contributed by atoms with Crippen molar-refractivity contribution in [2.75, 3.05) is 0 Å². The Morgan fingerprint density at radius 1 is 1.36 bits per heavy atom. The summed E-state index contributed by atoms with van der Waals surface area (Å²) in [6.07, 6.45) is 19.4. The van der Waals surface area contributed by atoms with Crippen molar-refractivity contribution in [3.05, 3.63) is 85.4 Å². The van der Waals surface area contributed by atoms with Crippen LogP contribution in [0.1, 0.15) is 19.3 Å². The van der Waals surface area contributed by atoms with E-state index in [0.717, 1.165) is 36.1 Å². The molecule has 3 nitrogen and oxygen atoms in total. The number of nitrogens with one attached hydrogen (secondary N) is 1. The molecule has 1 aliphatic rings. The number of allylic oxidation sites excluding steroid dienone is 8. The Balaban J connectivity index is 2.86. The first-order chi connectivity index (χ1) is 10.6. The molecule has 0 amide bonds. The van der Waals surface area contributed by atoms with E-state index >= 15 is 0 Å². The SMILES string of the molecule is C=C/C(=C\CCC(N)C=N)N1/C=C\C=C/C(=C)C(=C)C/C=C\1. The van der Waals surface area contributed by atoms with Crippen LogP contribution in [-0.2, 0) is 0 Å². The van der Waals surface area contributed by atoms with Gasteiger partial charge in [0.15, 0.2) is 0 Å². The van der Waals surface area contributed by atoms with E-state index in [9.17, 15) is 0 Å². The minimum Gasteiger partial charge on any atom is -0.325 e. The number of rotatable bonds is 6. The van der Waals surface area contributed by atoms with E-state index in [1.54, 1.807) is 0 Å². The molecule has 3 N–H and O–H groups in total. The molecule has 22 heavy (non-hydrogen) atoms. The van der Waals surface area contributed by atoms with Crippen LogP contribution < -0.4 is 5.73 Å². The fourth-order valence-corrected chi connectivity index (χ4v) is 1.89. The van der Waals surface area contributed by atoms with E-state index in [4.69, 9.17) is 11.1 Å². The van der Waals surface area contributed by atoms with Crippen LogP contribution in [0.5, 0.6) is 0 Å². The summed E-state index contributed by atoms with van der Waals surface area (Å²) in [5.41, 5.74) is 8.66. The fourth-order valence-electron chi connectivity index (χ4n) is 1.89. The fraction of sp³-hybridized carbons (Fsp3) is 0.211. The highest BCUT2D eigenvalue weighted by atomic mass is 15.1. The molecule has 0 fully saturated rings. The first-order valence-corrected chi connectivity index (χ1v) is 7.34. The molecule has 1 heterocycles. The summed E-state index contributed by atoms with van der Waals surface area (Å²) in [5.74, 6) is 0. The Hall–Kier alpha value is -2.39. The van der Waals surface area contributed by atoms with Crippen molar-refractivity contribution in [1.82, 2.24) is 4.90 Å². The molecule has 116 valence electrons. The van der Waals surface area contributed by atoms with Crippen LogP contribution in [0.3, 0.4) is 0 Å². The monoisotopic (exact) mass is 295 g/mol. The molecule has 1 aliphatic heterocycles. The summed E-state index contributed by atoms with van der Waals surface area (Å²) in [7, 11) is 0. The summed E-state index contributed by atoms with van der Waals surface area (Å²) in [6, 6.07) is -0.190. The predicted octanol–water partition coefficient (Wildman–Crippen LogP) is 4.22. The van der Waals surface area contributed by atoms with Gasteiger partial charge in [-0.1, -0.05) is 44.0 Å². The summed E-state index contributed by atoms with van der Waals surface area (Å²) in [4.78, 5) is 2.01. The lowest BCUT2D eigenvalue weighted by molar-refractivity contribution is 0.638. The Bertz CT molecular complexity index is 547. The van der Waals surface area contributed by atoms with Crippen LogP contribution in [0, 0.1) is 5.41 Å². The van der Waals surface area contributed by atoms with E-state index in [1.165, 1.54) is 6.21 Å². The van der Waals surface area contributed by atoms with Gasteiger partial charge >= 0.3 is 0 Å². The third-order valence-electron chi connectivity index (χ3n) is 3.31. The van der Waals surface area contributed by atoms with Gasteiger partial charge in [-0.3, -0.25) is 0 Å². The molecule has 0 aromatic heterocycles. The van der Waals surface area contributed by atoms with E-state index in [1.807, 2.05) is 41.6 Å².